The van der Waals surface area contributed by atoms with Crippen LogP contribution in [0.3, 0.4) is 0 Å². The number of rotatable bonds is 2. The van der Waals surface area contributed by atoms with Gasteiger partial charge < -0.3 is 5.73 Å². The van der Waals surface area contributed by atoms with Gasteiger partial charge in [0.2, 0.25) is 0 Å². The highest BCUT2D eigenvalue weighted by Crippen LogP contribution is 2.24. The quantitative estimate of drug-likeness (QED) is 0.625. The van der Waals surface area contributed by atoms with Crippen molar-refractivity contribution in [1.82, 2.24) is 0 Å². The first-order valence-electron chi connectivity index (χ1n) is 4.17. The molecule has 0 amide bonds. The maximum atomic E-state index is 5.60. The molecule has 68 valence electrons. The lowest BCUT2D eigenvalue weighted by atomic mass is 9.87. The van der Waals surface area contributed by atoms with E-state index in [9.17, 15) is 0 Å². The third-order valence-corrected chi connectivity index (χ3v) is 1.77. The molecule has 0 saturated heterocycles. The van der Waals surface area contributed by atoms with E-state index in [1.54, 1.807) is 0 Å². The molecule has 0 aliphatic carbocycles. The van der Waals surface area contributed by atoms with Crippen LogP contribution in [0.5, 0.6) is 0 Å². The molecule has 0 unspecified atom stereocenters. The zero-order valence-corrected chi connectivity index (χ0v) is 8.52. The maximum absolute atomic E-state index is 5.60. The van der Waals surface area contributed by atoms with Gasteiger partial charge in [-0.15, -0.1) is 0 Å². The molecule has 0 rings (SSSR count). The monoisotopic (exact) mass is 165 g/mol. The summed E-state index contributed by atoms with van der Waals surface area (Å²) in [5.74, 6) is 0. The first kappa shape index (κ1) is 11.0. The zero-order valence-electron chi connectivity index (χ0n) is 8.52. The molecule has 12 heavy (non-hydrogen) atoms. The molecule has 0 aromatic rings. The topological polar surface area (TPSA) is 26.0 Å². The van der Waals surface area contributed by atoms with E-state index in [-0.39, 0.29) is 5.41 Å². The van der Waals surface area contributed by atoms with Gasteiger partial charge in [0, 0.05) is 5.70 Å². The van der Waals surface area contributed by atoms with Gasteiger partial charge in [0.15, 0.2) is 0 Å². The van der Waals surface area contributed by atoms with Crippen LogP contribution in [0.1, 0.15) is 27.7 Å². The summed E-state index contributed by atoms with van der Waals surface area (Å²) in [6.45, 7) is 12.3. The maximum Gasteiger partial charge on any atom is 0.0270 e. The smallest absolute Gasteiger partial charge is 0.0270 e. The summed E-state index contributed by atoms with van der Waals surface area (Å²) in [5, 5.41) is 0. The molecule has 1 heteroatoms. The first-order valence-corrected chi connectivity index (χ1v) is 4.17. The minimum absolute atomic E-state index is 0.129. The number of hydrogen-bond donors (Lipinski definition) is 1. The average molecular weight is 165 g/mol. The molecular weight excluding hydrogens is 146 g/mol. The summed E-state index contributed by atoms with van der Waals surface area (Å²) in [6, 6.07) is 0. The molecule has 0 atom stereocenters. The van der Waals surface area contributed by atoms with Gasteiger partial charge in [0.1, 0.15) is 0 Å². The lowest BCUT2D eigenvalue weighted by molar-refractivity contribution is 0.519. The Morgan fingerprint density at radius 3 is 2.08 bits per heavy atom. The SMILES string of the molecule is C=C(/C=C\C(N)=C/C)C(C)(C)C. The highest BCUT2D eigenvalue weighted by atomic mass is 14.5. The second-order valence-corrected chi connectivity index (χ2v) is 3.90. The predicted octanol–water partition coefficient (Wildman–Crippen LogP) is 3.01. The summed E-state index contributed by atoms with van der Waals surface area (Å²) in [5.41, 5.74) is 7.60. The van der Waals surface area contributed by atoms with E-state index in [0.717, 1.165) is 11.3 Å². The van der Waals surface area contributed by atoms with Crippen LogP contribution in [0.2, 0.25) is 0 Å². The van der Waals surface area contributed by atoms with E-state index in [4.69, 9.17) is 5.73 Å². The molecule has 0 saturated carbocycles. The van der Waals surface area contributed by atoms with Crippen molar-refractivity contribution in [2.75, 3.05) is 0 Å². The fourth-order valence-electron chi connectivity index (χ4n) is 0.543. The van der Waals surface area contributed by atoms with Crippen LogP contribution in [0.25, 0.3) is 0 Å². The second kappa shape index (κ2) is 4.15. The third kappa shape index (κ3) is 4.02. The Morgan fingerprint density at radius 1 is 1.25 bits per heavy atom. The molecule has 0 aliphatic heterocycles. The Hall–Kier alpha value is -0.980. The van der Waals surface area contributed by atoms with Gasteiger partial charge in [-0.3, -0.25) is 0 Å². The molecule has 0 aliphatic rings. The Labute approximate surface area is 75.7 Å². The summed E-state index contributed by atoms with van der Waals surface area (Å²) in [4.78, 5) is 0. The van der Waals surface area contributed by atoms with E-state index in [0.29, 0.717) is 0 Å². The van der Waals surface area contributed by atoms with Crippen LogP contribution in [0.4, 0.5) is 0 Å². The summed E-state index contributed by atoms with van der Waals surface area (Å²) in [7, 11) is 0. The number of hydrogen-bond acceptors (Lipinski definition) is 1. The lowest BCUT2D eigenvalue weighted by Crippen LogP contribution is -2.06. The van der Waals surface area contributed by atoms with Crippen LogP contribution in [-0.2, 0) is 0 Å². The highest BCUT2D eigenvalue weighted by molar-refractivity contribution is 5.27. The van der Waals surface area contributed by atoms with Crippen molar-refractivity contribution in [3.63, 3.8) is 0 Å². The van der Waals surface area contributed by atoms with Gasteiger partial charge in [0.05, 0.1) is 0 Å². The number of nitrogens with two attached hydrogens (primary N) is 1. The largest absolute Gasteiger partial charge is 0.399 e. The van der Waals surface area contributed by atoms with Crippen molar-refractivity contribution in [1.29, 1.82) is 0 Å². The molecule has 0 bridgehead atoms. The van der Waals surface area contributed by atoms with E-state index in [2.05, 4.69) is 27.4 Å². The van der Waals surface area contributed by atoms with Crippen molar-refractivity contribution in [3.05, 3.63) is 36.1 Å². The van der Waals surface area contributed by atoms with Gasteiger partial charge >= 0.3 is 0 Å². The van der Waals surface area contributed by atoms with Crippen LogP contribution in [0, 0.1) is 5.41 Å². The minimum Gasteiger partial charge on any atom is -0.399 e. The van der Waals surface area contributed by atoms with E-state index in [1.165, 1.54) is 0 Å². The fourth-order valence-corrected chi connectivity index (χ4v) is 0.543. The summed E-state index contributed by atoms with van der Waals surface area (Å²) < 4.78 is 0. The van der Waals surface area contributed by atoms with Crippen LogP contribution in [-0.4, -0.2) is 0 Å². The Morgan fingerprint density at radius 2 is 1.75 bits per heavy atom. The van der Waals surface area contributed by atoms with E-state index >= 15 is 0 Å². The molecule has 0 aromatic heterocycles. The first-order chi connectivity index (χ1) is 5.38. The summed E-state index contributed by atoms with van der Waals surface area (Å²) in [6.07, 6.45) is 5.72. The van der Waals surface area contributed by atoms with Gasteiger partial charge in [-0.25, -0.2) is 0 Å². The van der Waals surface area contributed by atoms with Gasteiger partial charge in [-0.05, 0) is 24.0 Å². The average Bonchev–Trinajstić information content (AvgIpc) is 1.97. The molecule has 2 N–H and O–H groups in total. The molecule has 1 nitrogen and oxygen atoms in total. The van der Waals surface area contributed by atoms with Crippen molar-refractivity contribution >= 4 is 0 Å². The zero-order chi connectivity index (χ0) is 9.78. The standard InChI is InChI=1S/C11H19N/c1-6-10(12)8-7-9(2)11(3,4)5/h6-8H,2,12H2,1,3-5H3/b8-7-,10-6+. The Bertz CT molecular complexity index is 214. The molecule has 0 aromatic carbocycles. The van der Waals surface area contributed by atoms with Crippen molar-refractivity contribution in [2.45, 2.75) is 27.7 Å². The minimum atomic E-state index is 0.129. The molecule has 0 radical (unpaired) electrons. The molecule has 0 fully saturated rings. The van der Waals surface area contributed by atoms with Crippen molar-refractivity contribution < 1.29 is 0 Å². The molecular formula is C11H19N. The fraction of sp³-hybridized carbons (Fsp3) is 0.455. The van der Waals surface area contributed by atoms with E-state index < -0.39 is 0 Å². The summed E-state index contributed by atoms with van der Waals surface area (Å²) >= 11 is 0. The predicted molar refractivity (Wildman–Crippen MR) is 55.7 cm³/mol. The molecule has 0 spiro atoms. The number of allylic oxidation sites excluding steroid dienone is 4. The van der Waals surface area contributed by atoms with Crippen LogP contribution in [0.15, 0.2) is 36.1 Å². The Kier molecular flexibility index (Phi) is 3.81. The highest BCUT2D eigenvalue weighted by Gasteiger charge is 2.11. The van der Waals surface area contributed by atoms with Gasteiger partial charge in [0.25, 0.3) is 0 Å². The van der Waals surface area contributed by atoms with Gasteiger partial charge in [-0.2, -0.15) is 0 Å². The second-order valence-electron chi connectivity index (χ2n) is 3.90. The van der Waals surface area contributed by atoms with E-state index in [1.807, 2.05) is 25.2 Å². The lowest BCUT2D eigenvalue weighted by Gasteiger charge is -2.18. The third-order valence-electron chi connectivity index (χ3n) is 1.77. The van der Waals surface area contributed by atoms with Crippen molar-refractivity contribution in [2.24, 2.45) is 11.1 Å². The van der Waals surface area contributed by atoms with Crippen LogP contribution < -0.4 is 5.73 Å². The van der Waals surface area contributed by atoms with Crippen LogP contribution >= 0.6 is 0 Å². The van der Waals surface area contributed by atoms with Crippen molar-refractivity contribution in [3.8, 4) is 0 Å². The normalized spacial score (nSPS) is 13.8. The molecule has 0 heterocycles. The Balaban J connectivity index is 4.29. The van der Waals surface area contributed by atoms with Gasteiger partial charge in [-0.1, -0.05) is 39.5 Å².